The van der Waals surface area contributed by atoms with Crippen LogP contribution in [0.25, 0.3) is 0 Å². The lowest BCUT2D eigenvalue weighted by molar-refractivity contribution is 0.0911. The zero-order valence-corrected chi connectivity index (χ0v) is 12.4. The van der Waals surface area contributed by atoms with Crippen LogP contribution in [-0.4, -0.2) is 47.8 Å². The fourth-order valence-electron chi connectivity index (χ4n) is 2.66. The van der Waals surface area contributed by atoms with Crippen molar-refractivity contribution >= 4 is 0 Å². The Hall–Kier alpha value is -0.910. The highest BCUT2D eigenvalue weighted by Crippen LogP contribution is 2.37. The zero-order valence-electron chi connectivity index (χ0n) is 12.4. The highest BCUT2D eigenvalue weighted by Gasteiger charge is 2.29. The van der Waals surface area contributed by atoms with Crippen molar-refractivity contribution in [3.8, 4) is 0 Å². The molecule has 112 valence electrons. The minimum absolute atomic E-state index is 0.239. The summed E-state index contributed by atoms with van der Waals surface area (Å²) < 4.78 is 8.03. The molecule has 5 nitrogen and oxygen atoms in total. The molecule has 20 heavy (non-hydrogen) atoms. The van der Waals surface area contributed by atoms with Gasteiger partial charge < -0.3 is 15.0 Å². The molecule has 2 aliphatic carbocycles. The van der Waals surface area contributed by atoms with E-state index in [9.17, 15) is 0 Å². The molecular weight excluding hydrogens is 252 g/mol. The van der Waals surface area contributed by atoms with Gasteiger partial charge in [0.1, 0.15) is 0 Å². The van der Waals surface area contributed by atoms with Gasteiger partial charge >= 0.3 is 0 Å². The summed E-state index contributed by atoms with van der Waals surface area (Å²) in [5.74, 6) is 0.835. The van der Waals surface area contributed by atoms with Gasteiger partial charge in [-0.25, -0.2) is 4.98 Å². The van der Waals surface area contributed by atoms with Gasteiger partial charge in [0.05, 0.1) is 24.7 Å². The first-order valence-electron chi connectivity index (χ1n) is 7.79. The molecule has 0 saturated heterocycles. The number of nitrogens with zero attached hydrogens (tertiary/aromatic N) is 3. The Morgan fingerprint density at radius 2 is 2.25 bits per heavy atom. The molecule has 2 N–H and O–H groups in total. The minimum atomic E-state index is 0.239. The van der Waals surface area contributed by atoms with E-state index in [4.69, 9.17) is 10.5 Å². The van der Waals surface area contributed by atoms with Gasteiger partial charge in [0.15, 0.2) is 0 Å². The fraction of sp³-hybridized carbons (Fsp3) is 0.800. The summed E-state index contributed by atoms with van der Waals surface area (Å²) in [5, 5.41) is 0. The number of hydrogen-bond acceptors (Lipinski definition) is 4. The monoisotopic (exact) mass is 278 g/mol. The summed E-state index contributed by atoms with van der Waals surface area (Å²) in [7, 11) is 2.13. The summed E-state index contributed by atoms with van der Waals surface area (Å²) in [6.45, 7) is 3.27. The molecule has 0 bridgehead atoms. The van der Waals surface area contributed by atoms with Crippen molar-refractivity contribution in [2.24, 2.45) is 11.7 Å². The Bertz CT molecular complexity index is 425. The third-order valence-corrected chi connectivity index (χ3v) is 4.37. The number of hydrogen-bond donors (Lipinski definition) is 1. The highest BCUT2D eigenvalue weighted by molar-refractivity contribution is 5.09. The van der Waals surface area contributed by atoms with Crippen LogP contribution < -0.4 is 5.73 Å². The Labute approximate surface area is 121 Å². The largest absolute Gasteiger partial charge is 0.380 e. The third kappa shape index (κ3) is 3.40. The second kappa shape index (κ2) is 6.24. The fourth-order valence-corrected chi connectivity index (χ4v) is 2.66. The molecular formula is C15H26N4O. The maximum absolute atomic E-state index is 5.99. The van der Waals surface area contributed by atoms with E-state index in [2.05, 4.69) is 21.5 Å². The quantitative estimate of drug-likeness (QED) is 0.697. The van der Waals surface area contributed by atoms with Crippen molar-refractivity contribution in [3.05, 3.63) is 18.2 Å². The number of rotatable bonds is 9. The number of nitrogens with two attached hydrogens (primary N) is 1. The van der Waals surface area contributed by atoms with Gasteiger partial charge in [0.25, 0.3) is 0 Å². The van der Waals surface area contributed by atoms with Crippen molar-refractivity contribution in [2.45, 2.75) is 37.8 Å². The summed E-state index contributed by atoms with van der Waals surface area (Å²) >= 11 is 0. The second-order valence-electron chi connectivity index (χ2n) is 6.21. The highest BCUT2D eigenvalue weighted by atomic mass is 16.5. The van der Waals surface area contributed by atoms with Crippen LogP contribution in [-0.2, 0) is 4.74 Å². The third-order valence-electron chi connectivity index (χ3n) is 4.37. The van der Waals surface area contributed by atoms with E-state index in [-0.39, 0.29) is 6.04 Å². The summed E-state index contributed by atoms with van der Waals surface area (Å²) in [5.41, 5.74) is 7.24. The lowest BCUT2D eigenvalue weighted by Crippen LogP contribution is -2.34. The van der Waals surface area contributed by atoms with Crippen LogP contribution in [0.15, 0.2) is 12.5 Å². The van der Waals surface area contributed by atoms with Crippen molar-refractivity contribution in [1.82, 2.24) is 14.5 Å². The molecule has 2 aliphatic rings. The SMILES string of the molecule is CN(CCOCC1CC1)C(CN)c1cncn1C1CC1. The molecule has 1 heterocycles. The van der Waals surface area contributed by atoms with Gasteiger partial charge in [-0.3, -0.25) is 4.90 Å². The first-order chi connectivity index (χ1) is 9.79. The summed E-state index contributed by atoms with van der Waals surface area (Å²) in [4.78, 5) is 6.61. The topological polar surface area (TPSA) is 56.3 Å². The Kier molecular flexibility index (Phi) is 4.38. The number of likely N-dealkylation sites (N-methyl/N-ethyl adjacent to an activating group) is 1. The van der Waals surface area contributed by atoms with Crippen LogP contribution in [0.3, 0.4) is 0 Å². The van der Waals surface area contributed by atoms with Crippen molar-refractivity contribution < 1.29 is 4.74 Å². The molecule has 3 rings (SSSR count). The van der Waals surface area contributed by atoms with E-state index in [0.717, 1.165) is 25.7 Å². The average molecular weight is 278 g/mol. The standard InChI is InChI=1S/C15H26N4O/c1-18(6-7-20-10-12-2-3-12)14(8-16)15-9-17-11-19(15)13-4-5-13/h9,11-14H,2-8,10,16H2,1H3. The maximum atomic E-state index is 5.99. The molecule has 0 radical (unpaired) electrons. The zero-order chi connectivity index (χ0) is 13.9. The first kappa shape index (κ1) is 14.0. The number of ether oxygens (including phenoxy) is 1. The van der Waals surface area contributed by atoms with Gasteiger partial charge in [-0.1, -0.05) is 0 Å². The predicted octanol–water partition coefficient (Wildman–Crippen LogP) is 1.58. The molecule has 5 heteroatoms. The summed E-state index contributed by atoms with van der Waals surface area (Å²) in [6.07, 6.45) is 9.16. The van der Waals surface area contributed by atoms with Gasteiger partial charge in [0.2, 0.25) is 0 Å². The lowest BCUT2D eigenvalue weighted by Gasteiger charge is -2.27. The van der Waals surface area contributed by atoms with Gasteiger partial charge in [0, 0.05) is 31.9 Å². The second-order valence-corrected chi connectivity index (χ2v) is 6.21. The minimum Gasteiger partial charge on any atom is -0.380 e. The van der Waals surface area contributed by atoms with Gasteiger partial charge in [-0.05, 0) is 38.6 Å². The van der Waals surface area contributed by atoms with Crippen molar-refractivity contribution in [2.75, 3.05) is 33.4 Å². The maximum Gasteiger partial charge on any atom is 0.0951 e. The molecule has 1 atom stereocenters. The van der Waals surface area contributed by atoms with E-state index < -0.39 is 0 Å². The average Bonchev–Trinajstić information content (AvgIpc) is 3.37. The molecule has 1 aromatic rings. The molecule has 0 aromatic carbocycles. The Morgan fingerprint density at radius 1 is 1.45 bits per heavy atom. The van der Waals surface area contributed by atoms with Gasteiger partial charge in [-0.2, -0.15) is 0 Å². The van der Waals surface area contributed by atoms with Crippen molar-refractivity contribution in [3.63, 3.8) is 0 Å². The van der Waals surface area contributed by atoms with Crippen LogP contribution in [0.5, 0.6) is 0 Å². The Morgan fingerprint density at radius 3 is 2.90 bits per heavy atom. The molecule has 2 saturated carbocycles. The number of imidazole rings is 1. The van der Waals surface area contributed by atoms with Crippen LogP contribution in [0, 0.1) is 5.92 Å². The first-order valence-corrected chi connectivity index (χ1v) is 7.79. The molecule has 0 amide bonds. The molecule has 1 unspecified atom stereocenters. The van der Waals surface area contributed by atoms with Crippen molar-refractivity contribution in [1.29, 1.82) is 0 Å². The summed E-state index contributed by atoms with van der Waals surface area (Å²) in [6, 6.07) is 0.892. The van der Waals surface area contributed by atoms with E-state index >= 15 is 0 Å². The number of aromatic nitrogens is 2. The van der Waals surface area contributed by atoms with E-state index in [1.807, 2.05) is 12.5 Å². The van der Waals surface area contributed by atoms with E-state index in [1.165, 1.54) is 31.4 Å². The van der Waals surface area contributed by atoms with Crippen LogP contribution in [0.1, 0.15) is 43.5 Å². The smallest absolute Gasteiger partial charge is 0.0951 e. The van der Waals surface area contributed by atoms with E-state index in [1.54, 1.807) is 0 Å². The Balaban J connectivity index is 1.52. The van der Waals surface area contributed by atoms with Gasteiger partial charge in [-0.15, -0.1) is 0 Å². The normalized spacial score (nSPS) is 20.6. The molecule has 0 aliphatic heterocycles. The van der Waals surface area contributed by atoms with E-state index in [0.29, 0.717) is 12.6 Å². The molecule has 1 aromatic heterocycles. The molecule has 2 fully saturated rings. The van der Waals surface area contributed by atoms with Crippen LogP contribution >= 0.6 is 0 Å². The molecule has 0 spiro atoms. The lowest BCUT2D eigenvalue weighted by atomic mass is 10.2. The van der Waals surface area contributed by atoms with Crippen LogP contribution in [0.4, 0.5) is 0 Å². The van der Waals surface area contributed by atoms with Crippen LogP contribution in [0.2, 0.25) is 0 Å². The predicted molar refractivity (Wildman–Crippen MR) is 78.5 cm³/mol.